The van der Waals surface area contributed by atoms with Gasteiger partial charge in [0.15, 0.2) is 0 Å². The third-order valence-electron chi connectivity index (χ3n) is 21.6. The van der Waals surface area contributed by atoms with Gasteiger partial charge >= 0.3 is 0 Å². The molecule has 0 aromatic heterocycles. The van der Waals surface area contributed by atoms with E-state index in [1.54, 1.807) is 218 Å². The summed E-state index contributed by atoms with van der Waals surface area (Å²) in [6.07, 6.45) is 55.4. The van der Waals surface area contributed by atoms with E-state index in [4.69, 9.17) is 0 Å². The SMILES string of the molecule is C[P@]1CC2CCC3C(CCCC45CCCCCC4(CCCC[C@H]35)CC2)C1[C@H]1C2CCC3C(CCCC45CCCCCC4(CCCC[C@H]35)CC2)C[P@@]1C. The van der Waals surface area contributed by atoms with Crippen molar-refractivity contribution in [2.24, 2.45) is 69.0 Å². The molecular weight excluding hydrogens is 662 g/mol. The lowest BCUT2D eigenvalue weighted by Crippen LogP contribution is -2.49. The summed E-state index contributed by atoms with van der Waals surface area (Å²) in [5.41, 5.74) is 5.15. The minimum Gasteiger partial charge on any atom is -0.106 e. The normalized spacial score (nSPS) is 55.5. The molecule has 8 aliphatic carbocycles. The third kappa shape index (κ3) is 5.86. The molecule has 10 fully saturated rings. The molecule has 8 saturated carbocycles. The van der Waals surface area contributed by atoms with Crippen LogP contribution in [0.2, 0.25) is 0 Å². The van der Waals surface area contributed by atoms with Crippen LogP contribution in [0.1, 0.15) is 205 Å². The first-order valence-electron chi connectivity index (χ1n) is 24.9. The van der Waals surface area contributed by atoms with Crippen LogP contribution < -0.4 is 0 Å². The summed E-state index contributed by atoms with van der Waals surface area (Å²) in [4.78, 5) is 0. The monoisotopic (exact) mass is 747 g/mol. The van der Waals surface area contributed by atoms with Crippen molar-refractivity contribution in [2.45, 2.75) is 217 Å². The molecule has 10 bridgehead atoms. The standard InChI is InChI=1S/C50H84P2/c1-51-35-37-19-21-41-42(16-14-32-50-30-10-3-7-25-47(50,33-23-37)27-12-6-18-44(41)50)46(51)45-38-20-22-40-39(36-52(45)2)15-13-31-49-29-9-4-8-26-48(49,34-24-38)28-11-5-17-43(40)49/h37-46H,3-36H2,1-2H3/t37?,38?,39?,40?,41?,42?,43-,44-,45-,46?,47?,48?,49?,50?,51-,52-/m1/s1. The highest BCUT2D eigenvalue weighted by molar-refractivity contribution is 7.62. The molecule has 0 N–H and O–H groups in total. The summed E-state index contributed by atoms with van der Waals surface area (Å²) in [6.45, 7) is 5.98. The van der Waals surface area contributed by atoms with Gasteiger partial charge in [0.1, 0.15) is 0 Å². The van der Waals surface area contributed by atoms with Gasteiger partial charge in [-0.3, -0.25) is 0 Å². The Morgan fingerprint density at radius 1 is 0.346 bits per heavy atom. The summed E-state index contributed by atoms with van der Waals surface area (Å²) in [5, 5.41) is 0. The molecule has 0 radical (unpaired) electrons. The smallest absolute Gasteiger partial charge is 0.0110 e. The van der Waals surface area contributed by atoms with Gasteiger partial charge in [0.2, 0.25) is 0 Å². The molecule has 2 spiro atoms. The Labute approximate surface area is 326 Å². The van der Waals surface area contributed by atoms with Crippen LogP contribution in [0.15, 0.2) is 0 Å². The zero-order valence-corrected chi connectivity index (χ0v) is 36.5. The van der Waals surface area contributed by atoms with E-state index >= 15 is 0 Å². The Hall–Kier alpha value is 0.860. The van der Waals surface area contributed by atoms with Crippen molar-refractivity contribution in [3.63, 3.8) is 0 Å². The van der Waals surface area contributed by atoms with Crippen LogP contribution in [-0.2, 0) is 0 Å². The Morgan fingerprint density at radius 2 is 0.904 bits per heavy atom. The Kier molecular flexibility index (Phi) is 10.7. The second-order valence-electron chi connectivity index (χ2n) is 23.0. The number of hydrogen-bond donors (Lipinski definition) is 0. The number of rotatable bonds is 1. The van der Waals surface area contributed by atoms with Crippen LogP contribution in [0, 0.1) is 69.0 Å². The summed E-state index contributed by atoms with van der Waals surface area (Å²) < 4.78 is 0. The van der Waals surface area contributed by atoms with Crippen LogP contribution in [0.4, 0.5) is 0 Å². The maximum absolute atomic E-state index is 3.00. The van der Waals surface area contributed by atoms with E-state index in [1.807, 2.05) is 0 Å². The summed E-state index contributed by atoms with van der Waals surface area (Å²) in [5.74, 6) is 8.73. The molecular formula is C50H84P2. The van der Waals surface area contributed by atoms with Crippen molar-refractivity contribution in [1.29, 1.82) is 0 Å². The maximum Gasteiger partial charge on any atom is -0.0110 e. The Morgan fingerprint density at radius 3 is 1.62 bits per heavy atom. The van der Waals surface area contributed by atoms with Crippen molar-refractivity contribution in [1.82, 2.24) is 0 Å². The highest BCUT2D eigenvalue weighted by Crippen LogP contribution is 2.74. The summed E-state index contributed by atoms with van der Waals surface area (Å²) in [6, 6.07) is 0. The molecule has 52 heavy (non-hydrogen) atoms. The fourth-order valence-corrected chi connectivity index (χ4v) is 27.7. The quantitative estimate of drug-likeness (QED) is 0.234. The van der Waals surface area contributed by atoms with Gasteiger partial charge in [-0.15, -0.1) is 15.8 Å². The molecule has 2 heterocycles. The van der Waals surface area contributed by atoms with E-state index in [0.29, 0.717) is 5.41 Å². The van der Waals surface area contributed by atoms with E-state index in [9.17, 15) is 0 Å². The highest BCUT2D eigenvalue weighted by Gasteiger charge is 2.63. The topological polar surface area (TPSA) is 0 Å². The minimum atomic E-state index is 0.108. The lowest BCUT2D eigenvalue weighted by atomic mass is 9.49. The van der Waals surface area contributed by atoms with Gasteiger partial charge in [-0.2, -0.15) is 0 Å². The lowest BCUT2D eigenvalue weighted by molar-refractivity contribution is -0.0661. The number of fused-ring (bicyclic) bond motifs is 4. The fourth-order valence-electron chi connectivity index (χ4n) is 19.9. The summed E-state index contributed by atoms with van der Waals surface area (Å²) >= 11 is 0. The van der Waals surface area contributed by atoms with Crippen molar-refractivity contribution in [3.05, 3.63) is 0 Å². The molecule has 2 saturated heterocycles. The molecule has 0 aromatic carbocycles. The zero-order chi connectivity index (χ0) is 35.0. The van der Waals surface area contributed by atoms with E-state index in [2.05, 4.69) is 13.3 Å². The van der Waals surface area contributed by atoms with E-state index in [-0.39, 0.29) is 15.8 Å². The van der Waals surface area contributed by atoms with Crippen LogP contribution >= 0.6 is 15.8 Å². The average molecular weight is 747 g/mol. The van der Waals surface area contributed by atoms with Gasteiger partial charge in [0.05, 0.1) is 0 Å². The molecule has 2 aliphatic heterocycles. The molecule has 294 valence electrons. The first-order chi connectivity index (χ1) is 25.5. The first-order valence-corrected chi connectivity index (χ1v) is 29.0. The van der Waals surface area contributed by atoms with Gasteiger partial charge in [0.25, 0.3) is 0 Å². The molecule has 16 atom stereocenters. The van der Waals surface area contributed by atoms with Gasteiger partial charge < -0.3 is 0 Å². The summed E-state index contributed by atoms with van der Waals surface area (Å²) in [7, 11) is 0.223. The minimum absolute atomic E-state index is 0.108. The molecule has 0 amide bonds. The molecule has 11 unspecified atom stereocenters. The largest absolute Gasteiger partial charge is 0.106 e. The number of hydrogen-bond acceptors (Lipinski definition) is 0. The van der Waals surface area contributed by atoms with E-state index in [1.165, 1.54) is 0 Å². The lowest BCUT2D eigenvalue weighted by Gasteiger charge is -2.56. The highest BCUT2D eigenvalue weighted by atomic mass is 31.1. The van der Waals surface area contributed by atoms with Crippen LogP contribution in [0.5, 0.6) is 0 Å². The molecule has 0 nitrogen and oxygen atoms in total. The second-order valence-corrected chi connectivity index (χ2v) is 27.9. The van der Waals surface area contributed by atoms with Gasteiger partial charge in [0, 0.05) is 0 Å². The maximum atomic E-state index is 3.00. The van der Waals surface area contributed by atoms with Gasteiger partial charge in [-0.05, 0) is 234 Å². The van der Waals surface area contributed by atoms with Crippen molar-refractivity contribution >= 4 is 15.8 Å². The molecule has 0 aromatic rings. The second kappa shape index (κ2) is 14.9. The van der Waals surface area contributed by atoms with Crippen molar-refractivity contribution in [3.8, 4) is 0 Å². The predicted octanol–water partition coefficient (Wildman–Crippen LogP) is 15.4. The van der Waals surface area contributed by atoms with E-state index < -0.39 is 0 Å². The van der Waals surface area contributed by atoms with Crippen LogP contribution in [-0.4, -0.2) is 37.0 Å². The van der Waals surface area contributed by atoms with Crippen molar-refractivity contribution in [2.75, 3.05) is 25.7 Å². The van der Waals surface area contributed by atoms with E-state index in [0.717, 1.165) is 74.9 Å². The molecule has 10 aliphatic rings. The zero-order valence-electron chi connectivity index (χ0n) is 34.7. The Balaban J connectivity index is 1.08. The van der Waals surface area contributed by atoms with Crippen molar-refractivity contribution < 1.29 is 0 Å². The molecule has 10 rings (SSSR count). The predicted molar refractivity (Wildman–Crippen MR) is 228 cm³/mol. The first kappa shape index (κ1) is 37.2. The fraction of sp³-hybridized carbons (Fsp3) is 1.00. The average Bonchev–Trinajstić information content (AvgIpc) is 3.61. The molecule has 2 heteroatoms. The van der Waals surface area contributed by atoms with Crippen LogP contribution in [0.3, 0.4) is 0 Å². The van der Waals surface area contributed by atoms with Gasteiger partial charge in [-0.25, -0.2) is 0 Å². The Bertz CT molecular complexity index is 1240. The third-order valence-corrected chi connectivity index (χ3v) is 27.5. The van der Waals surface area contributed by atoms with Crippen LogP contribution in [0.25, 0.3) is 0 Å². The van der Waals surface area contributed by atoms with Gasteiger partial charge in [-0.1, -0.05) is 77.0 Å².